The van der Waals surface area contributed by atoms with E-state index in [9.17, 15) is 9.90 Å². The second-order valence-electron chi connectivity index (χ2n) is 8.78. The van der Waals surface area contributed by atoms with Gasteiger partial charge in [-0.25, -0.2) is 9.78 Å². The molecule has 1 aliphatic rings. The average Bonchev–Trinajstić information content (AvgIpc) is 3.43. The third-order valence-electron chi connectivity index (χ3n) is 6.17. The Bertz CT molecular complexity index is 1320. The van der Waals surface area contributed by atoms with E-state index in [1.165, 1.54) is 11.5 Å². The molecule has 0 bridgehead atoms. The van der Waals surface area contributed by atoms with E-state index in [4.69, 9.17) is 9.26 Å². The highest BCUT2D eigenvalue weighted by Gasteiger charge is 2.24. The molecule has 0 aliphatic carbocycles. The van der Waals surface area contributed by atoms with E-state index in [1.807, 2.05) is 54.6 Å². The van der Waals surface area contributed by atoms with Crippen LogP contribution in [0.25, 0.3) is 0 Å². The minimum Gasteiger partial charge on any atom is -0.457 e. The SMILES string of the molecule is Cc1noc(C)c1NC(=O)N1CCCN(c2nc(C(O)c3ccc(Oc4ccccc4)cc3)ns2)CC1. The maximum absolute atomic E-state index is 12.8. The number of carbonyl (C=O) groups is 1. The van der Waals surface area contributed by atoms with E-state index in [0.29, 0.717) is 53.9 Å². The Morgan fingerprint density at radius 3 is 2.54 bits per heavy atom. The van der Waals surface area contributed by atoms with Gasteiger partial charge >= 0.3 is 6.03 Å². The Labute approximate surface area is 218 Å². The molecule has 1 fully saturated rings. The first-order valence-corrected chi connectivity index (χ1v) is 12.8. The molecule has 0 radical (unpaired) electrons. The number of hydrogen-bond acceptors (Lipinski definition) is 9. The van der Waals surface area contributed by atoms with Crippen molar-refractivity contribution in [2.24, 2.45) is 0 Å². The summed E-state index contributed by atoms with van der Waals surface area (Å²) in [5.41, 5.74) is 1.96. The molecule has 2 aromatic heterocycles. The van der Waals surface area contributed by atoms with Gasteiger partial charge in [0.25, 0.3) is 0 Å². The summed E-state index contributed by atoms with van der Waals surface area (Å²) in [6.07, 6.45) is -0.157. The molecule has 1 saturated heterocycles. The lowest BCUT2D eigenvalue weighted by Gasteiger charge is -2.21. The number of benzene rings is 2. The Kier molecular flexibility index (Phi) is 7.33. The Balaban J connectivity index is 1.19. The van der Waals surface area contributed by atoms with Crippen LogP contribution in [-0.2, 0) is 0 Å². The van der Waals surface area contributed by atoms with Gasteiger partial charge in [-0.2, -0.15) is 4.37 Å². The lowest BCUT2D eigenvalue weighted by Crippen LogP contribution is -2.38. The fraction of sp³-hybridized carbons (Fsp3) is 0.308. The Morgan fingerprint density at radius 2 is 1.81 bits per heavy atom. The Hall–Kier alpha value is -3.96. The molecule has 0 saturated carbocycles. The van der Waals surface area contributed by atoms with E-state index < -0.39 is 6.10 Å². The number of ether oxygens (including phenoxy) is 1. The number of aromatic nitrogens is 3. The number of urea groups is 1. The van der Waals surface area contributed by atoms with E-state index in [1.54, 1.807) is 18.7 Å². The van der Waals surface area contributed by atoms with Crippen molar-refractivity contribution in [3.05, 3.63) is 77.4 Å². The zero-order valence-corrected chi connectivity index (χ0v) is 21.4. The first-order chi connectivity index (χ1) is 18.0. The number of aryl methyl sites for hydroxylation is 2. The monoisotopic (exact) mass is 520 g/mol. The van der Waals surface area contributed by atoms with Crippen molar-refractivity contribution >= 4 is 28.4 Å². The molecule has 2 amide bonds. The van der Waals surface area contributed by atoms with E-state index in [2.05, 4.69) is 24.7 Å². The number of nitrogens with zero attached hydrogens (tertiary/aromatic N) is 5. The summed E-state index contributed by atoms with van der Waals surface area (Å²) in [6.45, 7) is 6.09. The first-order valence-electron chi connectivity index (χ1n) is 12.1. The highest BCUT2D eigenvalue weighted by atomic mass is 32.1. The highest BCUT2D eigenvalue weighted by molar-refractivity contribution is 7.09. The van der Waals surface area contributed by atoms with Gasteiger partial charge in [0.05, 0.1) is 0 Å². The summed E-state index contributed by atoms with van der Waals surface area (Å²) in [5.74, 6) is 2.37. The van der Waals surface area contributed by atoms with Crippen LogP contribution in [0.5, 0.6) is 11.5 Å². The minimum absolute atomic E-state index is 0.177. The van der Waals surface area contributed by atoms with Crippen LogP contribution in [0.3, 0.4) is 0 Å². The van der Waals surface area contributed by atoms with Gasteiger partial charge in [0.1, 0.15) is 29.0 Å². The number of amides is 2. The molecule has 5 rings (SSSR count). The van der Waals surface area contributed by atoms with Gasteiger partial charge in [0.2, 0.25) is 5.13 Å². The third kappa shape index (κ3) is 5.73. The molecular formula is C26H28N6O4S. The van der Waals surface area contributed by atoms with Crippen molar-refractivity contribution in [3.8, 4) is 11.5 Å². The van der Waals surface area contributed by atoms with Crippen LogP contribution in [0.1, 0.15) is 35.4 Å². The molecule has 1 aliphatic heterocycles. The van der Waals surface area contributed by atoms with Crippen LogP contribution in [0.15, 0.2) is 59.1 Å². The number of aliphatic hydroxyl groups is 1. The van der Waals surface area contributed by atoms with Gasteiger partial charge in [-0.3, -0.25) is 0 Å². The van der Waals surface area contributed by atoms with Crippen molar-refractivity contribution in [3.63, 3.8) is 0 Å². The van der Waals surface area contributed by atoms with Gasteiger partial charge in [-0.05, 0) is 50.1 Å². The molecule has 3 heterocycles. The number of hydrogen-bond donors (Lipinski definition) is 2. The van der Waals surface area contributed by atoms with Crippen molar-refractivity contribution in [2.45, 2.75) is 26.4 Å². The standard InChI is InChI=1S/C26H28N6O4S/c1-17-22(18(2)36-29-17)27-25(34)31-13-6-14-32(16-15-31)26-28-24(30-37-26)23(33)19-9-11-21(12-10-19)35-20-7-4-3-5-8-20/h3-5,7-12,23,33H,6,13-16H2,1-2H3,(H,27,34). The van der Waals surface area contributed by atoms with Gasteiger partial charge in [-0.1, -0.05) is 35.5 Å². The normalized spacial score (nSPS) is 14.8. The summed E-state index contributed by atoms with van der Waals surface area (Å²) in [7, 11) is 0. The quantitative estimate of drug-likeness (QED) is 0.374. The third-order valence-corrected chi connectivity index (χ3v) is 6.96. The molecule has 1 atom stereocenters. The zero-order chi connectivity index (χ0) is 25.8. The Morgan fingerprint density at radius 1 is 1.05 bits per heavy atom. The molecule has 11 heteroatoms. The summed E-state index contributed by atoms with van der Waals surface area (Å²) >= 11 is 1.25. The topological polar surface area (TPSA) is 117 Å². The summed E-state index contributed by atoms with van der Waals surface area (Å²) in [4.78, 5) is 21.3. The molecule has 1 unspecified atom stereocenters. The van der Waals surface area contributed by atoms with Crippen LogP contribution in [0, 0.1) is 13.8 Å². The molecule has 4 aromatic rings. The molecule has 192 valence electrons. The number of carbonyl (C=O) groups excluding carboxylic acids is 1. The molecule has 2 aromatic carbocycles. The number of rotatable bonds is 6. The number of nitrogens with one attached hydrogen (secondary N) is 1. The van der Waals surface area contributed by atoms with Crippen LogP contribution >= 0.6 is 11.5 Å². The van der Waals surface area contributed by atoms with E-state index in [-0.39, 0.29) is 6.03 Å². The molecule has 10 nitrogen and oxygen atoms in total. The second-order valence-corrected chi connectivity index (χ2v) is 9.51. The number of aliphatic hydroxyl groups excluding tert-OH is 1. The highest BCUT2D eigenvalue weighted by Crippen LogP contribution is 2.28. The van der Waals surface area contributed by atoms with Crippen LogP contribution in [0.4, 0.5) is 15.6 Å². The van der Waals surface area contributed by atoms with E-state index >= 15 is 0 Å². The predicted octanol–water partition coefficient (Wildman–Crippen LogP) is 4.76. The van der Waals surface area contributed by atoms with Gasteiger partial charge < -0.3 is 29.5 Å². The second kappa shape index (κ2) is 11.0. The van der Waals surface area contributed by atoms with Crippen LogP contribution < -0.4 is 15.0 Å². The average molecular weight is 521 g/mol. The van der Waals surface area contributed by atoms with Crippen molar-refractivity contribution in [2.75, 3.05) is 36.4 Å². The van der Waals surface area contributed by atoms with Crippen molar-refractivity contribution < 1.29 is 19.2 Å². The molecule has 37 heavy (non-hydrogen) atoms. The molecule has 0 spiro atoms. The molecular weight excluding hydrogens is 492 g/mol. The minimum atomic E-state index is -0.944. The van der Waals surface area contributed by atoms with Gasteiger partial charge in [0, 0.05) is 37.7 Å². The van der Waals surface area contributed by atoms with Crippen LogP contribution in [-0.4, -0.2) is 56.7 Å². The fourth-order valence-electron chi connectivity index (χ4n) is 4.12. The van der Waals surface area contributed by atoms with Crippen molar-refractivity contribution in [1.29, 1.82) is 0 Å². The van der Waals surface area contributed by atoms with Gasteiger partial charge in [-0.15, -0.1) is 0 Å². The maximum atomic E-state index is 12.8. The lowest BCUT2D eigenvalue weighted by molar-refractivity contribution is 0.211. The number of para-hydroxylation sites is 1. The molecule has 2 N–H and O–H groups in total. The van der Waals surface area contributed by atoms with Crippen LogP contribution in [0.2, 0.25) is 0 Å². The zero-order valence-electron chi connectivity index (χ0n) is 20.6. The summed E-state index contributed by atoms with van der Waals surface area (Å²) in [6, 6.07) is 16.6. The lowest BCUT2D eigenvalue weighted by atomic mass is 10.1. The maximum Gasteiger partial charge on any atom is 0.322 e. The van der Waals surface area contributed by atoms with Gasteiger partial charge in [0.15, 0.2) is 11.6 Å². The van der Waals surface area contributed by atoms with E-state index in [0.717, 1.165) is 23.8 Å². The summed E-state index contributed by atoms with van der Waals surface area (Å²) in [5, 5.41) is 18.4. The summed E-state index contributed by atoms with van der Waals surface area (Å²) < 4.78 is 15.4. The first kappa shape index (κ1) is 24.7. The predicted molar refractivity (Wildman–Crippen MR) is 140 cm³/mol. The largest absolute Gasteiger partial charge is 0.457 e. The smallest absolute Gasteiger partial charge is 0.322 e. The number of anilines is 2. The van der Waals surface area contributed by atoms with Crippen molar-refractivity contribution in [1.82, 2.24) is 19.4 Å². The fourth-order valence-corrected chi connectivity index (χ4v) is 4.87.